The molecule has 0 aromatic heterocycles. The van der Waals surface area contributed by atoms with Gasteiger partial charge < -0.3 is 5.32 Å². The van der Waals surface area contributed by atoms with E-state index in [1.54, 1.807) is 0 Å². The van der Waals surface area contributed by atoms with Crippen LogP contribution in [0.25, 0.3) is 0 Å². The van der Waals surface area contributed by atoms with Crippen LogP contribution in [0.2, 0.25) is 0 Å². The number of nitrogens with zero attached hydrogens (tertiary/aromatic N) is 1. The second-order valence-corrected chi connectivity index (χ2v) is 6.95. The third kappa shape index (κ3) is 5.67. The first-order valence-corrected chi connectivity index (χ1v) is 7.96. The fraction of sp³-hybridized carbons (Fsp3) is 0.417. The normalized spacial score (nSPS) is 13.2. The van der Waals surface area contributed by atoms with Crippen molar-refractivity contribution in [3.05, 3.63) is 29.3 Å². The summed E-state index contributed by atoms with van der Waals surface area (Å²) in [6.45, 7) is -0.767. The molecule has 136 valence electrons. The van der Waals surface area contributed by atoms with E-state index in [0.29, 0.717) is 16.4 Å². The summed E-state index contributed by atoms with van der Waals surface area (Å²) in [6, 6.07) is 0.569. The van der Waals surface area contributed by atoms with Crippen LogP contribution in [0.4, 0.5) is 32.0 Å². The van der Waals surface area contributed by atoms with E-state index < -0.39 is 51.6 Å². The molecule has 5 nitrogen and oxygen atoms in total. The summed E-state index contributed by atoms with van der Waals surface area (Å²) in [4.78, 5) is 11.6. The fourth-order valence-electron chi connectivity index (χ4n) is 1.55. The van der Waals surface area contributed by atoms with E-state index in [-0.39, 0.29) is 6.07 Å². The van der Waals surface area contributed by atoms with Gasteiger partial charge in [0.05, 0.1) is 23.9 Å². The summed E-state index contributed by atoms with van der Waals surface area (Å²) < 4.78 is 98.9. The number of anilines is 1. The molecule has 0 aliphatic heterocycles. The molecule has 0 bridgehead atoms. The number of hydrogen-bond donors (Lipinski definition) is 1. The Morgan fingerprint density at radius 2 is 1.46 bits per heavy atom. The van der Waals surface area contributed by atoms with Crippen LogP contribution in [0, 0.1) is 0 Å². The molecule has 0 fully saturated rings. The lowest BCUT2D eigenvalue weighted by atomic mass is 10.1. The number of nitrogens with one attached hydrogen (secondary N) is 1. The Morgan fingerprint density at radius 3 is 1.79 bits per heavy atom. The number of sulfonamides is 1. The van der Waals surface area contributed by atoms with E-state index in [9.17, 15) is 39.6 Å². The first kappa shape index (κ1) is 20.2. The van der Waals surface area contributed by atoms with E-state index >= 15 is 0 Å². The highest BCUT2D eigenvalue weighted by Crippen LogP contribution is 2.37. The van der Waals surface area contributed by atoms with Gasteiger partial charge in [0, 0.05) is 12.7 Å². The molecule has 0 unspecified atom stereocenters. The van der Waals surface area contributed by atoms with Crippen LogP contribution < -0.4 is 5.32 Å². The van der Waals surface area contributed by atoms with Gasteiger partial charge in [-0.25, -0.2) is 8.42 Å². The Balaban J connectivity index is 3.13. The molecule has 24 heavy (non-hydrogen) atoms. The summed E-state index contributed by atoms with van der Waals surface area (Å²) in [5.74, 6) is -1.09. The molecule has 1 rings (SSSR count). The summed E-state index contributed by atoms with van der Waals surface area (Å²) in [5.41, 5.74) is -3.93. The quantitative estimate of drug-likeness (QED) is 0.819. The van der Waals surface area contributed by atoms with Gasteiger partial charge in [-0.3, -0.25) is 4.79 Å². The smallest absolute Gasteiger partial charge is 0.325 e. The molecule has 1 aromatic carbocycles. The van der Waals surface area contributed by atoms with Crippen LogP contribution in [-0.4, -0.2) is 38.5 Å². The summed E-state index contributed by atoms with van der Waals surface area (Å²) in [6.07, 6.45) is -9.32. The van der Waals surface area contributed by atoms with Crippen molar-refractivity contribution >= 4 is 21.6 Å². The largest absolute Gasteiger partial charge is 0.416 e. The number of likely N-dealkylation sites (N-methyl/N-ethyl adjacent to an activating group) is 1. The molecular weight excluding hydrogens is 366 g/mol. The number of amides is 1. The van der Waals surface area contributed by atoms with Gasteiger partial charge in [0.2, 0.25) is 15.9 Å². The van der Waals surface area contributed by atoms with Gasteiger partial charge >= 0.3 is 12.4 Å². The van der Waals surface area contributed by atoms with Gasteiger partial charge in [-0.1, -0.05) is 0 Å². The van der Waals surface area contributed by atoms with Crippen molar-refractivity contribution in [3.63, 3.8) is 0 Å². The lowest BCUT2D eigenvalue weighted by Crippen LogP contribution is -2.34. The van der Waals surface area contributed by atoms with Crippen molar-refractivity contribution in [1.82, 2.24) is 4.31 Å². The molecule has 0 radical (unpaired) electrons. The minimum absolute atomic E-state index is 0.0850. The summed E-state index contributed by atoms with van der Waals surface area (Å²) in [5, 5.41) is 1.82. The molecule has 1 N–H and O–H groups in total. The molecule has 1 amide bonds. The molecule has 0 aliphatic carbocycles. The van der Waals surface area contributed by atoms with Crippen molar-refractivity contribution in [2.24, 2.45) is 0 Å². The molecule has 0 atom stereocenters. The van der Waals surface area contributed by atoms with Crippen molar-refractivity contribution < 1.29 is 39.6 Å². The van der Waals surface area contributed by atoms with Gasteiger partial charge in [0.15, 0.2) is 0 Å². The van der Waals surface area contributed by atoms with Crippen LogP contribution in [0.3, 0.4) is 0 Å². The average Bonchev–Trinajstić information content (AvgIpc) is 2.34. The van der Waals surface area contributed by atoms with Gasteiger partial charge in [-0.2, -0.15) is 30.6 Å². The highest BCUT2D eigenvalue weighted by Gasteiger charge is 2.37. The van der Waals surface area contributed by atoms with E-state index in [1.165, 1.54) is 0 Å². The molecule has 0 saturated carbocycles. The Morgan fingerprint density at radius 1 is 1.04 bits per heavy atom. The maximum absolute atomic E-state index is 12.7. The van der Waals surface area contributed by atoms with E-state index in [0.717, 1.165) is 13.3 Å². The van der Waals surface area contributed by atoms with Crippen molar-refractivity contribution in [2.45, 2.75) is 12.4 Å². The number of alkyl halides is 6. The Hall–Kier alpha value is -1.82. The number of carbonyl (C=O) groups excluding carboxylic acids is 1. The lowest BCUT2D eigenvalue weighted by Gasteiger charge is -2.16. The number of carbonyl (C=O) groups is 1. The zero-order chi connectivity index (χ0) is 18.9. The topological polar surface area (TPSA) is 66.5 Å². The summed E-state index contributed by atoms with van der Waals surface area (Å²) >= 11 is 0. The van der Waals surface area contributed by atoms with Gasteiger partial charge in [0.1, 0.15) is 0 Å². The molecule has 0 spiro atoms. The minimum Gasteiger partial charge on any atom is -0.325 e. The van der Waals surface area contributed by atoms with Gasteiger partial charge in [-0.05, 0) is 18.2 Å². The zero-order valence-electron chi connectivity index (χ0n) is 12.3. The first-order chi connectivity index (χ1) is 10.6. The predicted octanol–water partition coefficient (Wildman–Crippen LogP) is 2.55. The van der Waals surface area contributed by atoms with Crippen molar-refractivity contribution in [3.8, 4) is 0 Å². The number of rotatable bonds is 4. The molecule has 0 aliphatic rings. The van der Waals surface area contributed by atoms with Crippen LogP contribution in [0.5, 0.6) is 0 Å². The molecule has 12 heteroatoms. The number of hydrogen-bond acceptors (Lipinski definition) is 3. The fourth-order valence-corrected chi connectivity index (χ4v) is 1.90. The predicted molar refractivity (Wildman–Crippen MR) is 72.5 cm³/mol. The van der Waals surface area contributed by atoms with E-state index in [4.69, 9.17) is 0 Å². The zero-order valence-corrected chi connectivity index (χ0v) is 13.1. The molecule has 0 saturated heterocycles. The Bertz CT molecular complexity index is 695. The van der Waals surface area contributed by atoms with Gasteiger partial charge in [-0.15, -0.1) is 0 Å². The second-order valence-electron chi connectivity index (χ2n) is 4.86. The number of halogens is 6. The maximum atomic E-state index is 12.7. The second kappa shape index (κ2) is 6.59. The average molecular weight is 378 g/mol. The third-order valence-corrected chi connectivity index (χ3v) is 4.07. The lowest BCUT2D eigenvalue weighted by molar-refractivity contribution is -0.143. The standard InChI is InChI=1S/C12H12F6N2O3S/c1-20(24(2,22)23)6-10(21)19-9-4-7(11(13,14)15)3-8(5-9)12(16,17)18/h3-5H,6H2,1-2H3,(H,19,21). The highest BCUT2D eigenvalue weighted by molar-refractivity contribution is 7.88. The Kier molecular flexibility index (Phi) is 5.55. The van der Waals surface area contributed by atoms with Crippen molar-refractivity contribution in [2.75, 3.05) is 25.2 Å². The van der Waals surface area contributed by atoms with E-state index in [1.807, 2.05) is 5.32 Å². The van der Waals surface area contributed by atoms with Crippen LogP contribution in [-0.2, 0) is 27.2 Å². The van der Waals surface area contributed by atoms with E-state index in [2.05, 4.69) is 0 Å². The van der Waals surface area contributed by atoms with Crippen LogP contribution in [0.1, 0.15) is 11.1 Å². The SMILES string of the molecule is CN(CC(=O)Nc1cc(C(F)(F)F)cc(C(F)(F)F)c1)S(C)(=O)=O. The molecular formula is C12H12F6N2O3S. The van der Waals surface area contributed by atoms with Crippen LogP contribution in [0.15, 0.2) is 18.2 Å². The van der Waals surface area contributed by atoms with Crippen molar-refractivity contribution in [1.29, 1.82) is 0 Å². The highest BCUT2D eigenvalue weighted by atomic mass is 32.2. The Labute approximate surface area is 133 Å². The summed E-state index contributed by atoms with van der Waals surface area (Å²) in [7, 11) is -2.71. The number of benzene rings is 1. The monoisotopic (exact) mass is 378 g/mol. The van der Waals surface area contributed by atoms with Crippen LogP contribution >= 0.6 is 0 Å². The van der Waals surface area contributed by atoms with Gasteiger partial charge in [0.25, 0.3) is 0 Å². The molecule has 1 aromatic rings. The maximum Gasteiger partial charge on any atom is 0.416 e. The molecule has 0 heterocycles. The first-order valence-electron chi connectivity index (χ1n) is 6.11. The third-order valence-electron chi connectivity index (χ3n) is 2.80. The minimum atomic E-state index is -5.05.